The molecule has 3 heteroatoms. The number of benzene rings is 1. The van der Waals surface area contributed by atoms with Crippen LogP contribution in [0.2, 0.25) is 0 Å². The minimum Gasteiger partial charge on any atom is -0.497 e. The third-order valence-electron chi connectivity index (χ3n) is 3.30. The zero-order chi connectivity index (χ0) is 12.8. The topological polar surface area (TPSA) is 30.5 Å². The fourth-order valence-corrected chi connectivity index (χ4v) is 2.22. The molecule has 0 spiro atoms. The second-order valence-electron chi connectivity index (χ2n) is 4.52. The van der Waals surface area contributed by atoms with Gasteiger partial charge in [-0.3, -0.25) is 0 Å². The minimum atomic E-state index is 0.491. The molecule has 3 nitrogen and oxygen atoms in total. The lowest BCUT2D eigenvalue weighted by molar-refractivity contribution is 0.388. The van der Waals surface area contributed by atoms with E-state index in [1.807, 2.05) is 12.1 Å². The standard InChI is InChI=1S/C15H21NO2/c1-17-14-9-8-12(15(10-14)18-2)11-16-13-6-4-3-5-7-13/h4,6,8-10,13,16H,3,5,7,11H2,1-2H3. The van der Waals surface area contributed by atoms with Gasteiger partial charge in [0.25, 0.3) is 0 Å². The molecular weight excluding hydrogens is 226 g/mol. The fraction of sp³-hybridized carbons (Fsp3) is 0.467. The van der Waals surface area contributed by atoms with Crippen molar-refractivity contribution in [3.63, 3.8) is 0 Å². The minimum absolute atomic E-state index is 0.491. The first kappa shape index (κ1) is 13.0. The summed E-state index contributed by atoms with van der Waals surface area (Å²) in [5.74, 6) is 1.70. The first-order chi connectivity index (χ1) is 8.83. The van der Waals surface area contributed by atoms with E-state index in [9.17, 15) is 0 Å². The largest absolute Gasteiger partial charge is 0.497 e. The molecule has 0 aromatic heterocycles. The van der Waals surface area contributed by atoms with Gasteiger partial charge < -0.3 is 14.8 Å². The Hall–Kier alpha value is -1.48. The summed E-state index contributed by atoms with van der Waals surface area (Å²) in [5, 5.41) is 3.54. The molecule has 0 heterocycles. The number of nitrogens with one attached hydrogen (secondary N) is 1. The monoisotopic (exact) mass is 247 g/mol. The summed E-state index contributed by atoms with van der Waals surface area (Å²) >= 11 is 0. The van der Waals surface area contributed by atoms with Crippen LogP contribution >= 0.6 is 0 Å². The molecule has 1 N–H and O–H groups in total. The Morgan fingerprint density at radius 1 is 1.28 bits per heavy atom. The van der Waals surface area contributed by atoms with E-state index < -0.39 is 0 Å². The third kappa shape index (κ3) is 3.26. The van der Waals surface area contributed by atoms with Crippen LogP contribution in [0.4, 0.5) is 0 Å². The van der Waals surface area contributed by atoms with Crippen LogP contribution in [0.15, 0.2) is 30.4 Å². The van der Waals surface area contributed by atoms with Gasteiger partial charge in [0.2, 0.25) is 0 Å². The number of hydrogen-bond donors (Lipinski definition) is 1. The SMILES string of the molecule is COc1ccc(CNC2C=CCCC2)c(OC)c1. The predicted molar refractivity (Wildman–Crippen MR) is 73.2 cm³/mol. The van der Waals surface area contributed by atoms with E-state index in [1.165, 1.54) is 19.3 Å². The quantitative estimate of drug-likeness (QED) is 0.812. The Labute approximate surface area is 109 Å². The molecule has 1 aliphatic rings. The summed E-state index contributed by atoms with van der Waals surface area (Å²) in [5.41, 5.74) is 1.16. The van der Waals surface area contributed by atoms with Crippen LogP contribution in [0, 0.1) is 0 Å². The molecule has 0 saturated heterocycles. The van der Waals surface area contributed by atoms with Gasteiger partial charge in [-0.05, 0) is 25.3 Å². The first-order valence-electron chi connectivity index (χ1n) is 6.44. The van der Waals surface area contributed by atoms with Crippen LogP contribution in [-0.4, -0.2) is 20.3 Å². The summed E-state index contributed by atoms with van der Waals surface area (Å²) < 4.78 is 10.6. The highest BCUT2D eigenvalue weighted by molar-refractivity contribution is 5.40. The molecule has 0 saturated carbocycles. The van der Waals surface area contributed by atoms with E-state index in [0.29, 0.717) is 6.04 Å². The van der Waals surface area contributed by atoms with Crippen molar-refractivity contribution in [3.05, 3.63) is 35.9 Å². The molecule has 0 fully saturated rings. The van der Waals surface area contributed by atoms with Crippen molar-refractivity contribution in [2.45, 2.75) is 31.8 Å². The van der Waals surface area contributed by atoms with Crippen molar-refractivity contribution in [3.8, 4) is 11.5 Å². The molecule has 1 unspecified atom stereocenters. The number of allylic oxidation sites excluding steroid dienone is 1. The molecule has 1 aromatic carbocycles. The van der Waals surface area contributed by atoms with Crippen molar-refractivity contribution in [2.75, 3.05) is 14.2 Å². The van der Waals surface area contributed by atoms with Crippen molar-refractivity contribution in [1.29, 1.82) is 0 Å². The zero-order valence-corrected chi connectivity index (χ0v) is 11.1. The van der Waals surface area contributed by atoms with E-state index in [0.717, 1.165) is 23.6 Å². The van der Waals surface area contributed by atoms with E-state index >= 15 is 0 Å². The molecule has 18 heavy (non-hydrogen) atoms. The van der Waals surface area contributed by atoms with Gasteiger partial charge in [0.15, 0.2) is 0 Å². The Kier molecular flexibility index (Phi) is 4.65. The Balaban J connectivity index is 1.99. The Morgan fingerprint density at radius 3 is 2.83 bits per heavy atom. The lowest BCUT2D eigenvalue weighted by atomic mass is 10.0. The molecule has 0 amide bonds. The van der Waals surface area contributed by atoms with Gasteiger partial charge in [0, 0.05) is 24.2 Å². The molecule has 98 valence electrons. The van der Waals surface area contributed by atoms with Crippen molar-refractivity contribution in [1.82, 2.24) is 5.32 Å². The average Bonchev–Trinajstić information content (AvgIpc) is 2.46. The molecule has 2 rings (SSSR count). The molecule has 1 aliphatic carbocycles. The van der Waals surface area contributed by atoms with Gasteiger partial charge in [0.1, 0.15) is 11.5 Å². The highest BCUT2D eigenvalue weighted by atomic mass is 16.5. The summed E-state index contributed by atoms with van der Waals surface area (Å²) in [6.45, 7) is 0.822. The maximum Gasteiger partial charge on any atom is 0.127 e. The van der Waals surface area contributed by atoms with Crippen LogP contribution in [0.5, 0.6) is 11.5 Å². The smallest absolute Gasteiger partial charge is 0.127 e. The molecule has 0 aliphatic heterocycles. The van der Waals surface area contributed by atoms with Crippen molar-refractivity contribution >= 4 is 0 Å². The van der Waals surface area contributed by atoms with E-state index in [4.69, 9.17) is 9.47 Å². The highest BCUT2D eigenvalue weighted by Crippen LogP contribution is 2.24. The Bertz CT molecular complexity index is 415. The average molecular weight is 247 g/mol. The molecule has 0 bridgehead atoms. The van der Waals surface area contributed by atoms with Crippen LogP contribution in [-0.2, 0) is 6.54 Å². The van der Waals surface area contributed by atoms with Crippen LogP contribution < -0.4 is 14.8 Å². The second-order valence-corrected chi connectivity index (χ2v) is 4.52. The van der Waals surface area contributed by atoms with E-state index in [1.54, 1.807) is 14.2 Å². The van der Waals surface area contributed by atoms with Gasteiger partial charge in [-0.1, -0.05) is 18.2 Å². The van der Waals surface area contributed by atoms with Crippen LogP contribution in [0.25, 0.3) is 0 Å². The van der Waals surface area contributed by atoms with Gasteiger partial charge >= 0.3 is 0 Å². The summed E-state index contributed by atoms with van der Waals surface area (Å²) in [4.78, 5) is 0. The molecule has 1 atom stereocenters. The van der Waals surface area contributed by atoms with Crippen molar-refractivity contribution < 1.29 is 9.47 Å². The second kappa shape index (κ2) is 6.45. The molecule has 1 aromatic rings. The molecular formula is C15H21NO2. The van der Waals surface area contributed by atoms with Crippen LogP contribution in [0.3, 0.4) is 0 Å². The highest BCUT2D eigenvalue weighted by Gasteiger charge is 2.10. The van der Waals surface area contributed by atoms with Gasteiger partial charge in [-0.15, -0.1) is 0 Å². The number of methoxy groups -OCH3 is 2. The maximum absolute atomic E-state index is 5.39. The molecule has 0 radical (unpaired) electrons. The van der Waals surface area contributed by atoms with Gasteiger partial charge in [0.05, 0.1) is 14.2 Å². The third-order valence-corrected chi connectivity index (χ3v) is 3.30. The number of hydrogen-bond acceptors (Lipinski definition) is 3. The lowest BCUT2D eigenvalue weighted by Gasteiger charge is -2.19. The van der Waals surface area contributed by atoms with Gasteiger partial charge in [-0.2, -0.15) is 0 Å². The normalized spacial score (nSPS) is 18.7. The number of rotatable bonds is 5. The fourth-order valence-electron chi connectivity index (χ4n) is 2.22. The van der Waals surface area contributed by atoms with Gasteiger partial charge in [-0.25, -0.2) is 0 Å². The Morgan fingerprint density at radius 2 is 2.17 bits per heavy atom. The zero-order valence-electron chi connectivity index (χ0n) is 11.1. The van der Waals surface area contributed by atoms with Crippen LogP contribution in [0.1, 0.15) is 24.8 Å². The maximum atomic E-state index is 5.39. The predicted octanol–water partition coefficient (Wildman–Crippen LogP) is 2.90. The number of ether oxygens (including phenoxy) is 2. The first-order valence-corrected chi connectivity index (χ1v) is 6.44. The van der Waals surface area contributed by atoms with Crippen molar-refractivity contribution in [2.24, 2.45) is 0 Å². The van der Waals surface area contributed by atoms with E-state index in [-0.39, 0.29) is 0 Å². The lowest BCUT2D eigenvalue weighted by Crippen LogP contribution is -2.27. The summed E-state index contributed by atoms with van der Waals surface area (Å²) in [6.07, 6.45) is 8.22. The summed E-state index contributed by atoms with van der Waals surface area (Å²) in [7, 11) is 3.36. The van der Waals surface area contributed by atoms with E-state index in [2.05, 4.69) is 23.5 Å². The summed E-state index contributed by atoms with van der Waals surface area (Å²) in [6, 6.07) is 6.44.